The molecule has 1 aliphatic carbocycles. The number of hydrogen-bond acceptors (Lipinski definition) is 2. The van der Waals surface area contributed by atoms with Gasteiger partial charge in [-0.05, 0) is 46.3 Å². The van der Waals surface area contributed by atoms with E-state index in [4.69, 9.17) is 5.73 Å². The molecular weight excluding hydrogens is 232 g/mol. The van der Waals surface area contributed by atoms with Crippen LogP contribution >= 0.6 is 15.9 Å². The number of aromatic amines is 1. The largest absolute Gasteiger partial charge is 0.328 e. The maximum absolute atomic E-state index is 11.0. The lowest BCUT2D eigenvalue weighted by Crippen LogP contribution is -2.15. The molecule has 70 valence electrons. The zero-order chi connectivity index (χ0) is 9.42. The first kappa shape index (κ1) is 8.97. The van der Waals surface area contributed by atoms with Gasteiger partial charge in [0.15, 0.2) is 0 Å². The van der Waals surface area contributed by atoms with Gasteiger partial charge in [-0.3, -0.25) is 4.79 Å². The normalized spacial score (nSPS) is 18.6. The van der Waals surface area contributed by atoms with Crippen molar-refractivity contribution in [3.63, 3.8) is 0 Å². The van der Waals surface area contributed by atoms with Gasteiger partial charge in [-0.2, -0.15) is 0 Å². The van der Waals surface area contributed by atoms with Crippen LogP contribution in [0.15, 0.2) is 21.5 Å². The fourth-order valence-corrected chi connectivity index (χ4v) is 1.77. The molecule has 1 heterocycles. The van der Waals surface area contributed by atoms with Crippen molar-refractivity contribution >= 4 is 15.9 Å². The van der Waals surface area contributed by atoms with Crippen LogP contribution < -0.4 is 11.3 Å². The topological polar surface area (TPSA) is 58.9 Å². The Labute approximate surface area is 84.5 Å². The van der Waals surface area contributed by atoms with Crippen molar-refractivity contribution in [2.24, 2.45) is 11.7 Å². The molecule has 1 aromatic heterocycles. The molecule has 0 spiro atoms. The molecule has 1 saturated carbocycles. The molecule has 1 aliphatic rings. The molecular formula is C9H11BrN2O. The monoisotopic (exact) mass is 242 g/mol. The van der Waals surface area contributed by atoms with Crippen LogP contribution in [0.25, 0.3) is 0 Å². The predicted octanol–water partition coefficient (Wildman–Crippen LogP) is 1.55. The van der Waals surface area contributed by atoms with E-state index in [1.807, 2.05) is 6.07 Å². The maximum atomic E-state index is 11.0. The van der Waals surface area contributed by atoms with Crippen molar-refractivity contribution in [1.82, 2.24) is 4.98 Å². The summed E-state index contributed by atoms with van der Waals surface area (Å²) in [6, 6.07) is 1.88. The van der Waals surface area contributed by atoms with Crippen LogP contribution in [0.5, 0.6) is 0 Å². The summed E-state index contributed by atoms with van der Waals surface area (Å²) < 4.78 is 0.557. The van der Waals surface area contributed by atoms with Crippen molar-refractivity contribution in [2.75, 3.05) is 0 Å². The third-order valence-electron chi connectivity index (χ3n) is 2.40. The fraction of sp³-hybridized carbons (Fsp3) is 0.444. The molecule has 1 fully saturated rings. The molecule has 0 aromatic carbocycles. The van der Waals surface area contributed by atoms with Gasteiger partial charge in [0.05, 0.1) is 4.47 Å². The third-order valence-corrected chi connectivity index (χ3v) is 2.98. The minimum atomic E-state index is -0.105. The molecule has 1 aromatic rings. The highest BCUT2D eigenvalue weighted by Crippen LogP contribution is 2.39. The van der Waals surface area contributed by atoms with E-state index in [2.05, 4.69) is 20.9 Å². The number of nitrogens with one attached hydrogen (secondary N) is 1. The van der Waals surface area contributed by atoms with Crippen molar-refractivity contribution in [1.29, 1.82) is 0 Å². The zero-order valence-corrected chi connectivity index (χ0v) is 8.67. The second-order valence-electron chi connectivity index (χ2n) is 3.47. The summed E-state index contributed by atoms with van der Waals surface area (Å²) >= 11 is 3.18. The maximum Gasteiger partial charge on any atom is 0.262 e. The first-order valence-electron chi connectivity index (χ1n) is 4.32. The Hall–Kier alpha value is -0.610. The lowest BCUT2D eigenvalue weighted by atomic mass is 10.1. The lowest BCUT2D eigenvalue weighted by molar-refractivity contribution is 0.630. The van der Waals surface area contributed by atoms with Gasteiger partial charge in [0.2, 0.25) is 0 Å². The first-order valence-corrected chi connectivity index (χ1v) is 5.11. The smallest absolute Gasteiger partial charge is 0.262 e. The molecule has 1 atom stereocenters. The van der Waals surface area contributed by atoms with E-state index in [9.17, 15) is 4.79 Å². The first-order chi connectivity index (χ1) is 6.18. The quantitative estimate of drug-likeness (QED) is 0.827. The van der Waals surface area contributed by atoms with Gasteiger partial charge in [-0.15, -0.1) is 0 Å². The molecule has 3 nitrogen and oxygen atoms in total. The molecule has 2 rings (SSSR count). The van der Waals surface area contributed by atoms with E-state index in [0.29, 0.717) is 10.4 Å². The van der Waals surface area contributed by atoms with Crippen LogP contribution in [-0.4, -0.2) is 4.98 Å². The van der Waals surface area contributed by atoms with Crippen LogP contribution in [0.2, 0.25) is 0 Å². The predicted molar refractivity (Wildman–Crippen MR) is 54.4 cm³/mol. The van der Waals surface area contributed by atoms with Crippen molar-refractivity contribution in [3.8, 4) is 0 Å². The Kier molecular flexibility index (Phi) is 2.26. The van der Waals surface area contributed by atoms with Gasteiger partial charge in [-0.25, -0.2) is 0 Å². The third kappa shape index (κ3) is 1.84. The van der Waals surface area contributed by atoms with Gasteiger partial charge in [0, 0.05) is 12.2 Å². The highest BCUT2D eigenvalue weighted by molar-refractivity contribution is 9.10. The van der Waals surface area contributed by atoms with Gasteiger partial charge in [-0.1, -0.05) is 0 Å². The molecule has 13 heavy (non-hydrogen) atoms. The summed E-state index contributed by atoms with van der Waals surface area (Å²) in [7, 11) is 0. The van der Waals surface area contributed by atoms with Crippen LogP contribution in [0.4, 0.5) is 0 Å². The average Bonchev–Trinajstić information content (AvgIpc) is 2.91. The summed E-state index contributed by atoms with van der Waals surface area (Å²) in [5, 5.41) is 0. The molecule has 3 N–H and O–H groups in total. The molecule has 4 heteroatoms. The van der Waals surface area contributed by atoms with Crippen LogP contribution in [0.3, 0.4) is 0 Å². The van der Waals surface area contributed by atoms with Crippen molar-refractivity contribution < 1.29 is 0 Å². The SMILES string of the molecule is N[C@H](c1c[nH]c(=O)c(Br)c1)C1CC1. The van der Waals surface area contributed by atoms with E-state index in [0.717, 1.165) is 5.56 Å². The number of hydrogen-bond donors (Lipinski definition) is 2. The van der Waals surface area contributed by atoms with E-state index >= 15 is 0 Å². The average molecular weight is 243 g/mol. The number of H-pyrrole nitrogens is 1. The fourth-order valence-electron chi connectivity index (χ4n) is 1.39. The molecule has 0 unspecified atom stereocenters. The van der Waals surface area contributed by atoms with Crippen LogP contribution in [0.1, 0.15) is 24.4 Å². The standard InChI is InChI=1S/C9H11BrN2O/c10-7-3-6(4-12-9(7)13)8(11)5-1-2-5/h3-5,8H,1-2,11H2,(H,12,13)/t8-/m0/s1. The summed E-state index contributed by atoms with van der Waals surface area (Å²) in [4.78, 5) is 13.7. The summed E-state index contributed by atoms with van der Waals surface area (Å²) in [5.41, 5.74) is 6.88. The number of halogens is 1. The second-order valence-corrected chi connectivity index (χ2v) is 4.33. The number of pyridine rings is 1. The highest BCUT2D eigenvalue weighted by atomic mass is 79.9. The van der Waals surface area contributed by atoms with E-state index in [1.54, 1.807) is 6.20 Å². The summed E-state index contributed by atoms with van der Waals surface area (Å²) in [5.74, 6) is 0.609. The Morgan fingerprint density at radius 3 is 2.85 bits per heavy atom. The molecule has 0 amide bonds. The Morgan fingerprint density at radius 1 is 1.62 bits per heavy atom. The molecule has 0 saturated heterocycles. The van der Waals surface area contributed by atoms with Crippen molar-refractivity contribution in [3.05, 3.63) is 32.7 Å². The molecule has 0 aliphatic heterocycles. The summed E-state index contributed by atoms with van der Waals surface area (Å²) in [6.45, 7) is 0. The second kappa shape index (κ2) is 3.27. The van der Waals surface area contributed by atoms with E-state index in [1.165, 1.54) is 12.8 Å². The molecule has 0 bridgehead atoms. The number of rotatable bonds is 2. The van der Waals surface area contributed by atoms with Crippen LogP contribution in [0, 0.1) is 5.92 Å². The van der Waals surface area contributed by atoms with Gasteiger partial charge in [0.1, 0.15) is 0 Å². The number of nitrogens with two attached hydrogens (primary N) is 1. The number of aromatic nitrogens is 1. The highest BCUT2D eigenvalue weighted by Gasteiger charge is 2.29. The van der Waals surface area contributed by atoms with Crippen LogP contribution in [-0.2, 0) is 0 Å². The Morgan fingerprint density at radius 2 is 2.31 bits per heavy atom. The van der Waals surface area contributed by atoms with Gasteiger partial charge in [0.25, 0.3) is 5.56 Å². The Bertz CT molecular complexity index is 370. The molecule has 0 radical (unpaired) electrons. The van der Waals surface area contributed by atoms with E-state index in [-0.39, 0.29) is 11.6 Å². The summed E-state index contributed by atoms with van der Waals surface area (Å²) in [6.07, 6.45) is 4.12. The zero-order valence-electron chi connectivity index (χ0n) is 7.09. The Balaban J connectivity index is 2.29. The minimum Gasteiger partial charge on any atom is -0.328 e. The van der Waals surface area contributed by atoms with Gasteiger partial charge < -0.3 is 10.7 Å². The minimum absolute atomic E-state index is 0.0770. The van der Waals surface area contributed by atoms with Gasteiger partial charge >= 0.3 is 0 Å². The lowest BCUT2D eigenvalue weighted by Gasteiger charge is -2.09. The van der Waals surface area contributed by atoms with E-state index < -0.39 is 0 Å². The van der Waals surface area contributed by atoms with Crippen molar-refractivity contribution in [2.45, 2.75) is 18.9 Å².